The molecule has 93 heavy (non-hydrogen) atoms. The van der Waals surface area contributed by atoms with Gasteiger partial charge in [0.15, 0.2) is 0 Å². The Kier molecular flexibility index (Phi) is 17.6. The molecule has 0 aliphatic carbocycles. The van der Waals surface area contributed by atoms with E-state index in [-0.39, 0.29) is 49.9 Å². The lowest BCUT2D eigenvalue weighted by Gasteiger charge is -2.34. The second-order valence-corrected chi connectivity index (χ2v) is 34.4. The zero-order valence-corrected chi connectivity index (χ0v) is 60.3. The Balaban J connectivity index is 1.10. The number of aromatic hydroxyl groups is 2. The Morgan fingerprint density at radius 3 is 1.19 bits per heavy atom. The molecule has 10 rings (SSSR count). The fourth-order valence-corrected chi connectivity index (χ4v) is 14.9. The fraction of sp³-hybridized carbons (Fsp3) is 0.435. The monoisotopic (exact) mass is 1250 g/mol. The van der Waals surface area contributed by atoms with Crippen molar-refractivity contribution in [2.24, 2.45) is 10.8 Å². The standard InChI is InChI=1S/C85H104F2N2O4/c1-49(2)64-45-59(87)46-68(67-38-57(85(23,24)48-80(9,10)11)43-74(77(67)91)89-71-40-54(82(15,16)17)27-32-62(71)63-33-28-55(41-72(63)89)83(18,19)20)78(64)93-52(5)36-51(4)92-75-34-29-58(86)44-65(75)66-37-56(84(21,22)47-79(6,7)8)42-73(76(66)90)88-69-35-50(3)25-30-60(69)61-31-26-53(39-70(61)88)81(12,13)14/h25-35,37-46,49,51-52,90-91H,36,47-48H2,1-24H3/t51-,52-/m1/s1. The van der Waals surface area contributed by atoms with Crippen molar-refractivity contribution in [3.8, 4) is 56.6 Å². The maximum atomic E-state index is 16.7. The number of phenolic OH excluding ortho intramolecular Hbond substituents is 2. The van der Waals surface area contributed by atoms with Gasteiger partial charge in [0.2, 0.25) is 0 Å². The first-order valence-corrected chi connectivity index (χ1v) is 33.8. The molecule has 0 bridgehead atoms. The summed E-state index contributed by atoms with van der Waals surface area (Å²) in [5.74, 6) is -0.151. The van der Waals surface area contributed by atoms with Crippen LogP contribution in [-0.4, -0.2) is 31.6 Å². The van der Waals surface area contributed by atoms with E-state index in [1.807, 2.05) is 33.8 Å². The Morgan fingerprint density at radius 2 is 0.785 bits per heavy atom. The maximum absolute atomic E-state index is 16.7. The Bertz CT molecular complexity index is 4440. The van der Waals surface area contributed by atoms with Gasteiger partial charge in [-0.3, -0.25) is 0 Å². The fourth-order valence-electron chi connectivity index (χ4n) is 14.9. The Labute approximate surface area is 554 Å². The Hall–Kier alpha value is -7.58. The smallest absolute Gasteiger partial charge is 0.147 e. The van der Waals surface area contributed by atoms with Crippen molar-refractivity contribution in [3.05, 3.63) is 178 Å². The minimum absolute atomic E-state index is 0.0105. The van der Waals surface area contributed by atoms with Gasteiger partial charge in [0.05, 0.1) is 45.6 Å². The Morgan fingerprint density at radius 1 is 0.398 bits per heavy atom. The first-order valence-electron chi connectivity index (χ1n) is 33.8. The van der Waals surface area contributed by atoms with Crippen molar-refractivity contribution in [2.45, 2.75) is 231 Å². The third kappa shape index (κ3) is 13.9. The van der Waals surface area contributed by atoms with Crippen molar-refractivity contribution in [1.29, 1.82) is 0 Å². The van der Waals surface area contributed by atoms with Crippen LogP contribution in [0.3, 0.4) is 0 Å². The van der Waals surface area contributed by atoms with Gasteiger partial charge in [-0.1, -0.05) is 194 Å². The van der Waals surface area contributed by atoms with Crippen LogP contribution >= 0.6 is 0 Å². The SMILES string of the molecule is Cc1ccc2c3ccc(C(C)(C)C)cc3n(-c3cc(C(C)(C)CC(C)(C)C)cc(-c4cc(F)ccc4O[C@H](C)C[C@@H](C)Oc4c(-c5cc(C(C)(C)CC(C)(C)C)cc(-n6c7cc(C(C)(C)C)ccc7c7ccc(C(C)(C)C)cc76)c5O)cc(F)cc4C(C)C)c3O)c2c1. The van der Waals surface area contributed by atoms with Crippen molar-refractivity contribution >= 4 is 43.6 Å². The molecule has 10 aromatic rings. The van der Waals surface area contributed by atoms with E-state index in [1.54, 1.807) is 12.1 Å². The van der Waals surface area contributed by atoms with Crippen LogP contribution in [0.4, 0.5) is 8.78 Å². The van der Waals surface area contributed by atoms with Crippen LogP contribution in [0, 0.1) is 29.4 Å². The third-order valence-corrected chi connectivity index (χ3v) is 19.0. The summed E-state index contributed by atoms with van der Waals surface area (Å²) >= 11 is 0. The van der Waals surface area contributed by atoms with Gasteiger partial charge < -0.3 is 28.8 Å². The molecule has 0 fully saturated rings. The summed E-state index contributed by atoms with van der Waals surface area (Å²) in [7, 11) is 0. The van der Waals surface area contributed by atoms with Crippen LogP contribution in [0.5, 0.6) is 23.0 Å². The predicted octanol–water partition coefficient (Wildman–Crippen LogP) is 24.3. The zero-order chi connectivity index (χ0) is 68.4. The minimum atomic E-state index is -0.519. The molecule has 492 valence electrons. The maximum Gasteiger partial charge on any atom is 0.147 e. The lowest BCUT2D eigenvalue weighted by molar-refractivity contribution is 0.130. The van der Waals surface area contributed by atoms with E-state index in [1.165, 1.54) is 34.9 Å². The number of benzene rings is 8. The van der Waals surface area contributed by atoms with Crippen LogP contribution in [0.25, 0.3) is 77.2 Å². The van der Waals surface area contributed by atoms with Crippen LogP contribution in [0.1, 0.15) is 223 Å². The van der Waals surface area contributed by atoms with E-state index in [0.29, 0.717) is 57.1 Å². The van der Waals surface area contributed by atoms with E-state index in [0.717, 1.165) is 73.1 Å². The molecule has 2 atom stereocenters. The number of hydrogen-bond acceptors (Lipinski definition) is 4. The number of halogens is 2. The van der Waals surface area contributed by atoms with Crippen molar-refractivity contribution in [2.75, 3.05) is 0 Å². The normalized spacial score (nSPS) is 13.9. The number of rotatable bonds is 15. The number of hydrogen-bond donors (Lipinski definition) is 2. The molecule has 0 spiro atoms. The zero-order valence-electron chi connectivity index (χ0n) is 60.3. The topological polar surface area (TPSA) is 68.8 Å². The molecule has 0 aliphatic heterocycles. The predicted molar refractivity (Wildman–Crippen MR) is 390 cm³/mol. The molecule has 0 radical (unpaired) electrons. The first kappa shape index (κ1) is 68.3. The summed E-state index contributed by atoms with van der Waals surface area (Å²) in [6, 6.07) is 42.5. The molecule has 6 nitrogen and oxygen atoms in total. The molecular formula is C85H104F2N2O4. The van der Waals surface area contributed by atoms with E-state index >= 15 is 8.78 Å². The van der Waals surface area contributed by atoms with Gasteiger partial charge >= 0.3 is 0 Å². The van der Waals surface area contributed by atoms with Gasteiger partial charge in [-0.05, 0) is 190 Å². The molecule has 2 aromatic heterocycles. The molecule has 2 N–H and O–H groups in total. The molecular weight excluding hydrogens is 1150 g/mol. The number of ether oxygens (including phenoxy) is 2. The molecule has 0 saturated heterocycles. The number of aromatic nitrogens is 2. The summed E-state index contributed by atoms with van der Waals surface area (Å²) in [5, 5.41) is 30.9. The van der Waals surface area contributed by atoms with E-state index in [2.05, 4.69) is 239 Å². The second kappa shape index (κ2) is 24.0. The number of fused-ring (bicyclic) bond motifs is 6. The first-order chi connectivity index (χ1) is 42.9. The van der Waals surface area contributed by atoms with Crippen molar-refractivity contribution in [3.63, 3.8) is 0 Å². The van der Waals surface area contributed by atoms with Crippen LogP contribution in [0.15, 0.2) is 127 Å². The highest BCUT2D eigenvalue weighted by molar-refractivity contribution is 6.11. The van der Waals surface area contributed by atoms with E-state index < -0.39 is 29.3 Å². The largest absolute Gasteiger partial charge is 0.505 e. The molecule has 0 aliphatic rings. The third-order valence-electron chi connectivity index (χ3n) is 19.0. The average molecular weight is 1260 g/mol. The quantitative estimate of drug-likeness (QED) is 0.107. The molecule has 8 heteroatoms. The lowest BCUT2D eigenvalue weighted by atomic mass is 9.71. The highest BCUT2D eigenvalue weighted by Gasteiger charge is 2.35. The van der Waals surface area contributed by atoms with E-state index in [4.69, 9.17) is 9.47 Å². The van der Waals surface area contributed by atoms with E-state index in [9.17, 15) is 10.2 Å². The van der Waals surface area contributed by atoms with Gasteiger partial charge in [-0.2, -0.15) is 0 Å². The van der Waals surface area contributed by atoms with Crippen LogP contribution in [0.2, 0.25) is 0 Å². The molecule has 8 aromatic carbocycles. The van der Waals surface area contributed by atoms with Gasteiger partial charge in [-0.15, -0.1) is 0 Å². The summed E-state index contributed by atoms with van der Waals surface area (Å²) < 4.78 is 51.6. The number of nitrogens with zero attached hydrogens (tertiary/aromatic N) is 2. The second-order valence-electron chi connectivity index (χ2n) is 34.4. The molecule has 0 unspecified atom stereocenters. The van der Waals surface area contributed by atoms with Gasteiger partial charge in [0.1, 0.15) is 34.6 Å². The van der Waals surface area contributed by atoms with Crippen molar-refractivity contribution in [1.82, 2.24) is 9.13 Å². The highest BCUT2D eigenvalue weighted by Crippen LogP contribution is 2.52. The number of aryl methyl sites for hydroxylation is 1. The summed E-state index contributed by atoms with van der Waals surface area (Å²) in [6.45, 7) is 52.6. The summed E-state index contributed by atoms with van der Waals surface area (Å²) in [6.07, 6.45) is 0.993. The number of phenols is 2. The highest BCUT2D eigenvalue weighted by atomic mass is 19.1. The molecule has 0 saturated carbocycles. The van der Waals surface area contributed by atoms with Crippen LogP contribution < -0.4 is 9.47 Å². The minimum Gasteiger partial charge on any atom is -0.505 e. The summed E-state index contributed by atoms with van der Waals surface area (Å²) in [4.78, 5) is 0. The lowest BCUT2D eigenvalue weighted by Crippen LogP contribution is -2.25. The average Bonchev–Trinajstić information content (AvgIpc) is 1.64. The van der Waals surface area contributed by atoms with Gasteiger partial charge in [0, 0.05) is 55.8 Å². The van der Waals surface area contributed by atoms with Gasteiger partial charge in [0.25, 0.3) is 0 Å². The summed E-state index contributed by atoms with van der Waals surface area (Å²) in [5.41, 5.74) is 12.8. The van der Waals surface area contributed by atoms with Gasteiger partial charge in [-0.25, -0.2) is 8.78 Å². The molecule has 2 heterocycles. The van der Waals surface area contributed by atoms with Crippen LogP contribution in [-0.2, 0) is 27.1 Å². The van der Waals surface area contributed by atoms with Crippen molar-refractivity contribution < 1.29 is 28.5 Å². The molecule has 0 amide bonds.